The molecular weight excluding hydrogens is 456 g/mol. The van der Waals surface area contributed by atoms with Crippen LogP contribution in [0.1, 0.15) is 27.4 Å². The minimum absolute atomic E-state index is 0.00329. The summed E-state index contributed by atoms with van der Waals surface area (Å²) in [6, 6.07) is 19.9. The highest BCUT2D eigenvalue weighted by Crippen LogP contribution is 2.25. The van der Waals surface area contributed by atoms with E-state index in [9.17, 15) is 18.3 Å². The second-order valence-electron chi connectivity index (χ2n) is 7.56. The Labute approximate surface area is 196 Å². The second-order valence-corrected chi connectivity index (χ2v) is 9.24. The Morgan fingerprint density at radius 3 is 2.38 bits per heavy atom. The molecule has 0 atom stereocenters. The first-order chi connectivity index (χ1) is 16.2. The van der Waals surface area contributed by atoms with Gasteiger partial charge in [0.1, 0.15) is 23.8 Å². The van der Waals surface area contributed by atoms with Crippen molar-refractivity contribution < 1.29 is 27.5 Å². The number of aromatic nitrogens is 1. The Balaban J connectivity index is 1.46. The topological polar surface area (TPSA) is 119 Å². The molecular formula is C25H22N2O6S. The number of carboxylic acid groups (broad SMARTS) is 1. The standard InChI is InChI=1S/C25H22N2O6S/c1-16-7-6-10-21(23(16)25(28)29)27-34(30,31)20-13-11-19(12-14-20)32-15-22-17(2)33-24(26-22)18-8-4-3-5-9-18/h3-14,27H,15H2,1-2H3,(H,28,29). The molecule has 0 unspecified atom stereocenters. The minimum Gasteiger partial charge on any atom is -0.487 e. The fourth-order valence-corrected chi connectivity index (χ4v) is 4.45. The average molecular weight is 479 g/mol. The smallest absolute Gasteiger partial charge is 0.338 e. The largest absolute Gasteiger partial charge is 0.487 e. The lowest BCUT2D eigenvalue weighted by molar-refractivity contribution is 0.0697. The number of hydrogen-bond donors (Lipinski definition) is 2. The van der Waals surface area contributed by atoms with Crippen molar-refractivity contribution in [3.05, 3.63) is 95.4 Å². The summed E-state index contributed by atoms with van der Waals surface area (Å²) in [5, 5.41) is 9.43. The lowest BCUT2D eigenvalue weighted by Gasteiger charge is -2.12. The van der Waals surface area contributed by atoms with Gasteiger partial charge in [0.25, 0.3) is 10.0 Å². The van der Waals surface area contributed by atoms with Crippen LogP contribution in [0.4, 0.5) is 5.69 Å². The minimum atomic E-state index is -4.00. The Morgan fingerprint density at radius 1 is 1.00 bits per heavy atom. The highest BCUT2D eigenvalue weighted by Gasteiger charge is 2.20. The van der Waals surface area contributed by atoms with Crippen molar-refractivity contribution in [3.63, 3.8) is 0 Å². The average Bonchev–Trinajstić information content (AvgIpc) is 3.18. The maximum Gasteiger partial charge on any atom is 0.338 e. The van der Waals surface area contributed by atoms with Crippen molar-refractivity contribution >= 4 is 21.7 Å². The van der Waals surface area contributed by atoms with Crippen molar-refractivity contribution in [1.82, 2.24) is 4.98 Å². The fraction of sp³-hybridized carbons (Fsp3) is 0.120. The summed E-state index contributed by atoms with van der Waals surface area (Å²) in [6.45, 7) is 3.56. The van der Waals surface area contributed by atoms with Crippen LogP contribution >= 0.6 is 0 Å². The van der Waals surface area contributed by atoms with E-state index in [2.05, 4.69) is 9.71 Å². The van der Waals surface area contributed by atoms with Gasteiger partial charge in [-0.05, 0) is 61.9 Å². The van der Waals surface area contributed by atoms with E-state index in [4.69, 9.17) is 9.15 Å². The van der Waals surface area contributed by atoms with Crippen molar-refractivity contribution in [2.75, 3.05) is 4.72 Å². The predicted molar refractivity (Wildman–Crippen MR) is 126 cm³/mol. The van der Waals surface area contributed by atoms with Crippen molar-refractivity contribution in [3.8, 4) is 17.2 Å². The summed E-state index contributed by atoms with van der Waals surface area (Å²) in [6.07, 6.45) is 0. The van der Waals surface area contributed by atoms with E-state index < -0.39 is 16.0 Å². The third-order valence-corrected chi connectivity index (χ3v) is 6.54. The number of nitrogens with one attached hydrogen (secondary N) is 1. The number of carboxylic acids is 1. The van der Waals surface area contributed by atoms with Gasteiger partial charge in [0.05, 0.1) is 16.1 Å². The number of ether oxygens (including phenoxy) is 1. The van der Waals surface area contributed by atoms with Crippen LogP contribution in [0, 0.1) is 13.8 Å². The normalized spacial score (nSPS) is 11.2. The van der Waals surface area contributed by atoms with Crippen molar-refractivity contribution in [1.29, 1.82) is 0 Å². The van der Waals surface area contributed by atoms with Gasteiger partial charge in [0, 0.05) is 5.56 Å². The Morgan fingerprint density at radius 2 is 1.71 bits per heavy atom. The molecule has 0 aliphatic carbocycles. The molecule has 4 rings (SSSR count). The van der Waals surface area contributed by atoms with Crippen molar-refractivity contribution in [2.24, 2.45) is 0 Å². The van der Waals surface area contributed by atoms with Gasteiger partial charge in [0.2, 0.25) is 5.89 Å². The summed E-state index contributed by atoms with van der Waals surface area (Å²) in [4.78, 5) is 16.0. The van der Waals surface area contributed by atoms with Crippen molar-refractivity contribution in [2.45, 2.75) is 25.3 Å². The summed E-state index contributed by atoms with van der Waals surface area (Å²) >= 11 is 0. The molecule has 0 bridgehead atoms. The van der Waals surface area contributed by atoms with Gasteiger partial charge in [0.15, 0.2) is 0 Å². The molecule has 0 amide bonds. The maximum absolute atomic E-state index is 12.8. The fourth-order valence-electron chi connectivity index (χ4n) is 3.37. The van der Waals surface area contributed by atoms with Crippen LogP contribution in [-0.4, -0.2) is 24.5 Å². The van der Waals surface area contributed by atoms with Crippen LogP contribution in [0.25, 0.3) is 11.5 Å². The molecule has 174 valence electrons. The van der Waals surface area contributed by atoms with Gasteiger partial charge in [-0.3, -0.25) is 4.72 Å². The SMILES string of the molecule is Cc1cccc(NS(=O)(=O)c2ccc(OCc3nc(-c4ccccc4)oc3C)cc2)c1C(=O)O. The summed E-state index contributed by atoms with van der Waals surface area (Å²) in [5.41, 5.74) is 1.86. The monoisotopic (exact) mass is 478 g/mol. The van der Waals surface area contributed by atoms with Gasteiger partial charge in [-0.2, -0.15) is 0 Å². The lowest BCUT2D eigenvalue weighted by atomic mass is 10.1. The molecule has 0 saturated heterocycles. The molecule has 34 heavy (non-hydrogen) atoms. The predicted octanol–water partition coefficient (Wildman–Crippen LogP) is 5.04. The molecule has 0 spiro atoms. The molecule has 0 fully saturated rings. The number of aromatic carboxylic acids is 1. The van der Waals surface area contributed by atoms with E-state index in [-0.39, 0.29) is 22.8 Å². The summed E-state index contributed by atoms with van der Waals surface area (Å²) in [7, 11) is -4.00. The van der Waals surface area contributed by atoms with Gasteiger partial charge in [-0.25, -0.2) is 18.2 Å². The summed E-state index contributed by atoms with van der Waals surface area (Å²) < 4.78 is 39.4. The molecule has 9 heteroatoms. The molecule has 1 aromatic heterocycles. The first-order valence-corrected chi connectivity index (χ1v) is 11.8. The lowest BCUT2D eigenvalue weighted by Crippen LogP contribution is -2.16. The van der Waals surface area contributed by atoms with E-state index >= 15 is 0 Å². The Hall–Kier alpha value is -4.11. The van der Waals surface area contributed by atoms with Crippen LogP contribution in [0.5, 0.6) is 5.75 Å². The number of anilines is 1. The number of rotatable bonds is 8. The summed E-state index contributed by atoms with van der Waals surface area (Å²) in [5.74, 6) is 0.373. The zero-order valence-corrected chi connectivity index (χ0v) is 19.3. The van der Waals surface area contributed by atoms with Gasteiger partial charge in [-0.15, -0.1) is 0 Å². The van der Waals surface area contributed by atoms with Crippen LogP contribution in [0.2, 0.25) is 0 Å². The van der Waals surface area contributed by atoms with Gasteiger partial charge in [-0.1, -0.05) is 30.3 Å². The van der Waals surface area contributed by atoms with Crippen LogP contribution in [0.3, 0.4) is 0 Å². The second kappa shape index (κ2) is 9.40. The number of hydrogen-bond acceptors (Lipinski definition) is 6. The molecule has 0 aliphatic heterocycles. The number of sulfonamides is 1. The number of carbonyl (C=O) groups is 1. The molecule has 4 aromatic rings. The van der Waals surface area contributed by atoms with Crippen LogP contribution < -0.4 is 9.46 Å². The van der Waals surface area contributed by atoms with Gasteiger partial charge >= 0.3 is 5.97 Å². The number of nitrogens with zero attached hydrogens (tertiary/aromatic N) is 1. The molecule has 2 N–H and O–H groups in total. The highest BCUT2D eigenvalue weighted by atomic mass is 32.2. The highest BCUT2D eigenvalue weighted by molar-refractivity contribution is 7.92. The number of oxazole rings is 1. The zero-order valence-electron chi connectivity index (χ0n) is 18.5. The molecule has 0 radical (unpaired) electrons. The van der Waals surface area contributed by atoms with Gasteiger partial charge < -0.3 is 14.3 Å². The zero-order chi connectivity index (χ0) is 24.3. The van der Waals surface area contributed by atoms with Crippen LogP contribution in [0.15, 0.2) is 82.1 Å². The van der Waals surface area contributed by atoms with E-state index in [1.807, 2.05) is 30.3 Å². The molecule has 0 aliphatic rings. The van der Waals surface area contributed by atoms with E-state index in [0.29, 0.717) is 28.7 Å². The first kappa shape index (κ1) is 23.1. The quantitative estimate of drug-likeness (QED) is 0.364. The Kier molecular flexibility index (Phi) is 6.38. The molecule has 1 heterocycles. The van der Waals surface area contributed by atoms with Crippen LogP contribution in [-0.2, 0) is 16.6 Å². The maximum atomic E-state index is 12.8. The number of benzene rings is 3. The third kappa shape index (κ3) is 4.94. The molecule has 8 nitrogen and oxygen atoms in total. The van der Waals surface area contributed by atoms with E-state index in [0.717, 1.165) is 5.56 Å². The van der Waals surface area contributed by atoms with E-state index in [1.54, 1.807) is 26.0 Å². The number of aryl methyl sites for hydroxylation is 2. The molecule has 3 aromatic carbocycles. The van der Waals surface area contributed by atoms with E-state index in [1.165, 1.54) is 30.3 Å². The third-order valence-electron chi connectivity index (χ3n) is 5.15. The Bertz CT molecular complexity index is 1430. The first-order valence-electron chi connectivity index (χ1n) is 10.3. The molecule has 0 saturated carbocycles.